The van der Waals surface area contributed by atoms with E-state index in [0.717, 1.165) is 32.1 Å². The van der Waals surface area contributed by atoms with Gasteiger partial charge in [0.25, 0.3) is 0 Å². The Labute approximate surface area is 104 Å². The average Bonchev–Trinajstić information content (AvgIpc) is 2.68. The third-order valence-corrected chi connectivity index (χ3v) is 3.34. The summed E-state index contributed by atoms with van der Waals surface area (Å²) < 4.78 is 0. The first-order chi connectivity index (χ1) is 8.03. The molecule has 2 heteroatoms. The first kappa shape index (κ1) is 14.2. The van der Waals surface area contributed by atoms with Crippen LogP contribution in [0.2, 0.25) is 0 Å². The zero-order valence-corrected chi connectivity index (χ0v) is 11.0. The molecule has 96 valence electrons. The fourth-order valence-electron chi connectivity index (χ4n) is 2.13. The SMILES string of the molecule is CCCCC(C)(O)CC=C=CC1CCC(=O)C1. The summed E-state index contributed by atoms with van der Waals surface area (Å²) in [6.45, 7) is 4.00. The molecular formula is C15H24O2. The van der Waals surface area contributed by atoms with Crippen molar-refractivity contribution in [2.24, 2.45) is 5.92 Å². The van der Waals surface area contributed by atoms with Crippen LogP contribution in [0.3, 0.4) is 0 Å². The third kappa shape index (κ3) is 5.86. The topological polar surface area (TPSA) is 37.3 Å². The lowest BCUT2D eigenvalue weighted by Crippen LogP contribution is -2.22. The Morgan fingerprint density at radius 1 is 1.59 bits per heavy atom. The van der Waals surface area contributed by atoms with E-state index in [4.69, 9.17) is 0 Å². The Morgan fingerprint density at radius 3 is 2.94 bits per heavy atom. The summed E-state index contributed by atoms with van der Waals surface area (Å²) in [6, 6.07) is 0. The fraction of sp³-hybridized carbons (Fsp3) is 0.733. The van der Waals surface area contributed by atoms with Gasteiger partial charge in [0.2, 0.25) is 0 Å². The lowest BCUT2D eigenvalue weighted by molar-refractivity contribution is -0.117. The Hall–Kier alpha value is -0.850. The van der Waals surface area contributed by atoms with Gasteiger partial charge in [-0.2, -0.15) is 0 Å². The van der Waals surface area contributed by atoms with Crippen molar-refractivity contribution in [2.75, 3.05) is 0 Å². The molecule has 2 nitrogen and oxygen atoms in total. The highest BCUT2D eigenvalue weighted by molar-refractivity contribution is 5.80. The number of ketones is 1. The molecule has 0 aromatic carbocycles. The van der Waals surface area contributed by atoms with E-state index < -0.39 is 5.60 Å². The van der Waals surface area contributed by atoms with Gasteiger partial charge in [0, 0.05) is 19.3 Å². The van der Waals surface area contributed by atoms with Crippen LogP contribution in [0.5, 0.6) is 0 Å². The van der Waals surface area contributed by atoms with Crippen LogP contribution in [0.4, 0.5) is 0 Å². The van der Waals surface area contributed by atoms with Crippen molar-refractivity contribution in [3.63, 3.8) is 0 Å². The molecule has 0 aromatic heterocycles. The minimum Gasteiger partial charge on any atom is -0.390 e. The molecule has 0 saturated heterocycles. The van der Waals surface area contributed by atoms with Gasteiger partial charge < -0.3 is 5.11 Å². The Kier molecular flexibility index (Phi) is 5.67. The maximum atomic E-state index is 11.1. The number of hydrogen-bond acceptors (Lipinski definition) is 2. The molecule has 0 aliphatic heterocycles. The molecule has 1 N–H and O–H groups in total. The van der Waals surface area contributed by atoms with Gasteiger partial charge in [0.1, 0.15) is 5.78 Å². The van der Waals surface area contributed by atoms with Crippen LogP contribution in [-0.4, -0.2) is 16.5 Å². The molecule has 0 bridgehead atoms. The molecule has 0 spiro atoms. The second kappa shape index (κ2) is 6.78. The third-order valence-electron chi connectivity index (χ3n) is 3.34. The molecule has 2 atom stereocenters. The van der Waals surface area contributed by atoms with E-state index in [1.807, 2.05) is 19.1 Å². The Bertz CT molecular complexity index is 309. The molecular weight excluding hydrogens is 212 g/mol. The van der Waals surface area contributed by atoms with Crippen LogP contribution in [0.1, 0.15) is 58.8 Å². The fourth-order valence-corrected chi connectivity index (χ4v) is 2.13. The summed E-state index contributed by atoms with van der Waals surface area (Å²) >= 11 is 0. The first-order valence-corrected chi connectivity index (χ1v) is 6.68. The van der Waals surface area contributed by atoms with E-state index in [1.165, 1.54) is 0 Å². The molecule has 1 saturated carbocycles. The summed E-state index contributed by atoms with van der Waals surface area (Å²) in [5.41, 5.74) is 2.51. The van der Waals surface area contributed by atoms with Crippen molar-refractivity contribution in [1.29, 1.82) is 0 Å². The number of unbranched alkanes of at least 4 members (excludes halogenated alkanes) is 1. The molecule has 1 rings (SSSR count). The highest BCUT2D eigenvalue weighted by atomic mass is 16.3. The number of carbonyl (C=O) groups is 1. The molecule has 1 aliphatic carbocycles. The number of rotatable bonds is 6. The lowest BCUT2D eigenvalue weighted by Gasteiger charge is -2.20. The number of carbonyl (C=O) groups excluding carboxylic acids is 1. The van der Waals surface area contributed by atoms with E-state index in [9.17, 15) is 9.90 Å². The second-order valence-electron chi connectivity index (χ2n) is 5.38. The predicted molar refractivity (Wildman–Crippen MR) is 69.8 cm³/mol. The minimum atomic E-state index is -0.609. The Morgan fingerprint density at radius 2 is 2.35 bits per heavy atom. The van der Waals surface area contributed by atoms with E-state index in [1.54, 1.807) is 0 Å². The van der Waals surface area contributed by atoms with Crippen LogP contribution in [0, 0.1) is 5.92 Å². The van der Waals surface area contributed by atoms with Gasteiger partial charge in [-0.25, -0.2) is 0 Å². The minimum absolute atomic E-state index is 0.364. The largest absolute Gasteiger partial charge is 0.390 e. The van der Waals surface area contributed by atoms with Crippen LogP contribution in [0.15, 0.2) is 17.9 Å². The summed E-state index contributed by atoms with van der Waals surface area (Å²) in [5, 5.41) is 10.0. The van der Waals surface area contributed by atoms with Gasteiger partial charge >= 0.3 is 0 Å². The summed E-state index contributed by atoms with van der Waals surface area (Å²) in [4.78, 5) is 11.1. The maximum Gasteiger partial charge on any atom is 0.133 e. The summed E-state index contributed by atoms with van der Waals surface area (Å²) in [5.74, 6) is 0.738. The summed E-state index contributed by atoms with van der Waals surface area (Å²) in [6.07, 6.45) is 9.89. The van der Waals surface area contributed by atoms with Gasteiger partial charge in [-0.05, 0) is 37.8 Å². The van der Waals surface area contributed by atoms with Crippen molar-refractivity contribution in [1.82, 2.24) is 0 Å². The van der Waals surface area contributed by atoms with Gasteiger partial charge in [0.05, 0.1) is 5.60 Å². The monoisotopic (exact) mass is 236 g/mol. The lowest BCUT2D eigenvalue weighted by atomic mass is 9.95. The van der Waals surface area contributed by atoms with Crippen molar-refractivity contribution in [2.45, 2.75) is 64.4 Å². The smallest absolute Gasteiger partial charge is 0.133 e. The van der Waals surface area contributed by atoms with E-state index >= 15 is 0 Å². The molecule has 0 heterocycles. The summed E-state index contributed by atoms with van der Waals surface area (Å²) in [7, 11) is 0. The highest BCUT2D eigenvalue weighted by Crippen LogP contribution is 2.23. The Balaban J connectivity index is 2.33. The molecule has 2 unspecified atom stereocenters. The molecule has 0 radical (unpaired) electrons. The van der Waals surface area contributed by atoms with E-state index in [2.05, 4.69) is 12.7 Å². The quantitative estimate of drug-likeness (QED) is 0.718. The standard InChI is InChI=1S/C15H24O2/c1-3-4-10-15(2,17)11-6-5-7-13-8-9-14(16)12-13/h6-7,13,17H,3-4,8-12H2,1-2H3. The number of aliphatic hydroxyl groups is 1. The molecule has 1 aliphatic rings. The zero-order chi connectivity index (χ0) is 12.7. The first-order valence-electron chi connectivity index (χ1n) is 6.68. The molecule has 17 heavy (non-hydrogen) atoms. The molecule has 1 fully saturated rings. The van der Waals surface area contributed by atoms with E-state index in [-0.39, 0.29) is 0 Å². The van der Waals surface area contributed by atoms with Crippen molar-refractivity contribution < 1.29 is 9.90 Å². The maximum absolute atomic E-state index is 11.1. The van der Waals surface area contributed by atoms with Crippen LogP contribution >= 0.6 is 0 Å². The van der Waals surface area contributed by atoms with Gasteiger partial charge in [0.15, 0.2) is 0 Å². The van der Waals surface area contributed by atoms with Crippen LogP contribution in [0.25, 0.3) is 0 Å². The predicted octanol–water partition coefficient (Wildman–Crippen LogP) is 3.40. The average molecular weight is 236 g/mol. The second-order valence-corrected chi connectivity index (χ2v) is 5.38. The van der Waals surface area contributed by atoms with Crippen molar-refractivity contribution >= 4 is 5.78 Å². The molecule has 0 amide bonds. The van der Waals surface area contributed by atoms with Gasteiger partial charge in [-0.15, -0.1) is 5.73 Å². The number of hydrogen-bond donors (Lipinski definition) is 1. The van der Waals surface area contributed by atoms with Crippen molar-refractivity contribution in [3.05, 3.63) is 17.9 Å². The highest BCUT2D eigenvalue weighted by Gasteiger charge is 2.19. The van der Waals surface area contributed by atoms with Gasteiger partial charge in [-0.1, -0.05) is 19.8 Å². The van der Waals surface area contributed by atoms with Crippen LogP contribution < -0.4 is 0 Å². The van der Waals surface area contributed by atoms with E-state index in [0.29, 0.717) is 24.5 Å². The zero-order valence-electron chi connectivity index (χ0n) is 11.0. The van der Waals surface area contributed by atoms with Crippen LogP contribution in [-0.2, 0) is 4.79 Å². The molecule has 0 aromatic rings. The normalized spacial score (nSPS) is 23.0. The number of Topliss-reactive ketones (excluding diaryl/α,β-unsaturated/α-hetero) is 1. The van der Waals surface area contributed by atoms with Crippen molar-refractivity contribution in [3.8, 4) is 0 Å². The van der Waals surface area contributed by atoms with Gasteiger partial charge in [-0.3, -0.25) is 4.79 Å².